The van der Waals surface area contributed by atoms with Gasteiger partial charge in [0.2, 0.25) is 5.91 Å². The van der Waals surface area contributed by atoms with Crippen LogP contribution in [0, 0.1) is 0 Å². The number of halogens is 1. The number of guanidine groups is 1. The summed E-state index contributed by atoms with van der Waals surface area (Å²) in [5.41, 5.74) is 1.30. The Hall–Kier alpha value is -0.870. The van der Waals surface area contributed by atoms with Crippen molar-refractivity contribution in [2.45, 2.75) is 58.5 Å². The summed E-state index contributed by atoms with van der Waals surface area (Å²) < 4.78 is 0. The van der Waals surface area contributed by atoms with E-state index in [2.05, 4.69) is 45.8 Å². The number of aliphatic imine (C=N–C) groups is 1. The fourth-order valence-corrected chi connectivity index (χ4v) is 4.92. The minimum Gasteiger partial charge on any atom is -0.357 e. The molecule has 164 valence electrons. The lowest BCUT2D eigenvalue weighted by Crippen LogP contribution is -2.42. The zero-order valence-electron chi connectivity index (χ0n) is 17.8. The quantitative estimate of drug-likeness (QED) is 0.245. The second-order valence-electron chi connectivity index (χ2n) is 7.79. The molecule has 0 radical (unpaired) electrons. The maximum atomic E-state index is 12.6. The third-order valence-electron chi connectivity index (χ3n) is 5.73. The molecule has 0 spiro atoms. The molecule has 0 aliphatic carbocycles. The Morgan fingerprint density at radius 2 is 2.17 bits per heavy atom. The van der Waals surface area contributed by atoms with Gasteiger partial charge in [0, 0.05) is 43.6 Å². The molecule has 0 saturated carbocycles. The van der Waals surface area contributed by atoms with E-state index in [1.807, 2.05) is 4.90 Å². The van der Waals surface area contributed by atoms with Crippen molar-refractivity contribution in [1.29, 1.82) is 0 Å². The van der Waals surface area contributed by atoms with Gasteiger partial charge in [0.15, 0.2) is 5.96 Å². The minimum absolute atomic E-state index is 0. The van der Waals surface area contributed by atoms with Gasteiger partial charge >= 0.3 is 0 Å². The number of hydrogen-bond donors (Lipinski definition) is 2. The molecule has 1 saturated heterocycles. The van der Waals surface area contributed by atoms with Gasteiger partial charge < -0.3 is 20.4 Å². The van der Waals surface area contributed by atoms with Crippen LogP contribution in [0.15, 0.2) is 16.4 Å². The number of nitrogens with zero attached hydrogens (tertiary/aromatic N) is 3. The lowest BCUT2D eigenvalue weighted by Gasteiger charge is -2.33. The van der Waals surface area contributed by atoms with Crippen molar-refractivity contribution < 1.29 is 4.79 Å². The highest BCUT2D eigenvalue weighted by atomic mass is 127. The second kappa shape index (κ2) is 12.7. The van der Waals surface area contributed by atoms with Crippen LogP contribution in [0.25, 0.3) is 0 Å². The Balaban J connectivity index is 0.00000300. The first-order chi connectivity index (χ1) is 13.7. The van der Waals surface area contributed by atoms with Crippen LogP contribution in [0.2, 0.25) is 0 Å². The topological polar surface area (TPSA) is 60.0 Å². The molecule has 0 bridgehead atoms. The highest BCUT2D eigenvalue weighted by Gasteiger charge is 2.21. The van der Waals surface area contributed by atoms with Crippen molar-refractivity contribution in [3.63, 3.8) is 0 Å². The fourth-order valence-electron chi connectivity index (χ4n) is 4.03. The predicted octanol–water partition coefficient (Wildman–Crippen LogP) is 3.07. The Bertz CT molecular complexity index is 665. The van der Waals surface area contributed by atoms with E-state index in [0.29, 0.717) is 6.04 Å². The van der Waals surface area contributed by atoms with Crippen LogP contribution in [0.1, 0.15) is 50.0 Å². The summed E-state index contributed by atoms with van der Waals surface area (Å²) >= 11 is 1.80. The fraction of sp³-hybridized carbons (Fsp3) is 0.714. The van der Waals surface area contributed by atoms with E-state index in [0.717, 1.165) is 51.5 Å². The highest BCUT2D eigenvalue weighted by molar-refractivity contribution is 14.0. The molecule has 6 nitrogen and oxygen atoms in total. The molecule has 8 heteroatoms. The first kappa shape index (κ1) is 24.4. The molecule has 1 fully saturated rings. The third kappa shape index (κ3) is 7.40. The number of fused-ring (bicyclic) bond motifs is 1. The number of carbonyl (C=O) groups is 1. The van der Waals surface area contributed by atoms with Crippen molar-refractivity contribution in [3.8, 4) is 0 Å². The Morgan fingerprint density at radius 1 is 1.31 bits per heavy atom. The van der Waals surface area contributed by atoms with E-state index in [1.54, 1.807) is 11.3 Å². The van der Waals surface area contributed by atoms with Crippen molar-refractivity contribution in [3.05, 3.63) is 21.9 Å². The van der Waals surface area contributed by atoms with Crippen molar-refractivity contribution in [2.24, 2.45) is 4.99 Å². The highest BCUT2D eigenvalue weighted by Crippen LogP contribution is 2.23. The van der Waals surface area contributed by atoms with E-state index in [4.69, 9.17) is 0 Å². The summed E-state index contributed by atoms with van der Waals surface area (Å²) in [5, 5.41) is 8.76. The number of thiophene rings is 1. The number of rotatable bonds is 7. The summed E-state index contributed by atoms with van der Waals surface area (Å²) in [6.07, 6.45) is 6.08. The first-order valence-corrected chi connectivity index (χ1v) is 11.6. The summed E-state index contributed by atoms with van der Waals surface area (Å²) in [7, 11) is 0. The largest absolute Gasteiger partial charge is 0.357 e. The molecule has 1 amide bonds. The Kier molecular flexibility index (Phi) is 10.7. The molecular weight excluding hydrogens is 497 g/mol. The van der Waals surface area contributed by atoms with E-state index >= 15 is 0 Å². The van der Waals surface area contributed by atoms with Crippen LogP contribution in [0.5, 0.6) is 0 Å². The third-order valence-corrected chi connectivity index (χ3v) is 6.76. The lowest BCUT2D eigenvalue weighted by atomic mass is 10.0. The average Bonchev–Trinajstić information content (AvgIpc) is 3.18. The molecule has 1 unspecified atom stereocenters. The maximum absolute atomic E-state index is 12.6. The van der Waals surface area contributed by atoms with E-state index < -0.39 is 0 Å². The molecule has 2 aliphatic heterocycles. The summed E-state index contributed by atoms with van der Waals surface area (Å²) in [6, 6.07) is 2.85. The Labute approximate surface area is 196 Å². The van der Waals surface area contributed by atoms with Gasteiger partial charge in [-0.1, -0.05) is 6.42 Å². The number of amides is 1. The molecular formula is C21H36IN5OS. The van der Waals surface area contributed by atoms with Crippen molar-refractivity contribution in [2.75, 3.05) is 39.3 Å². The standard InChI is InChI=1S/C21H35N5OS.HI/c1-3-22-21(23-10-6-12-25-11-5-4-7-17(25)2)24-15-20(27)26-13-8-19-18(16-26)9-14-28-19;/h9,14,17H,3-8,10-13,15-16H2,1-2H3,(H2,22,23,24);1H. The van der Waals surface area contributed by atoms with Gasteiger partial charge in [-0.05, 0) is 63.1 Å². The van der Waals surface area contributed by atoms with Crippen LogP contribution >= 0.6 is 35.3 Å². The minimum atomic E-state index is 0. The van der Waals surface area contributed by atoms with Crippen molar-refractivity contribution in [1.82, 2.24) is 20.4 Å². The van der Waals surface area contributed by atoms with E-state index in [9.17, 15) is 4.79 Å². The molecule has 2 N–H and O–H groups in total. The van der Waals surface area contributed by atoms with Gasteiger partial charge in [-0.25, -0.2) is 4.99 Å². The zero-order valence-corrected chi connectivity index (χ0v) is 20.9. The molecule has 3 rings (SSSR count). The molecule has 3 heterocycles. The van der Waals surface area contributed by atoms with Gasteiger partial charge in [-0.15, -0.1) is 35.3 Å². The molecule has 1 atom stereocenters. The summed E-state index contributed by atoms with van der Waals surface area (Å²) in [6.45, 7) is 10.2. The van der Waals surface area contributed by atoms with Crippen molar-refractivity contribution >= 4 is 47.2 Å². The number of hydrogen-bond acceptors (Lipinski definition) is 4. The smallest absolute Gasteiger partial charge is 0.244 e. The summed E-state index contributed by atoms with van der Waals surface area (Å²) in [4.78, 5) is 23.0. The monoisotopic (exact) mass is 533 g/mol. The van der Waals surface area contributed by atoms with Crippen LogP contribution in [0.4, 0.5) is 0 Å². The van der Waals surface area contributed by atoms with Crippen LogP contribution in [-0.4, -0.2) is 67.0 Å². The van der Waals surface area contributed by atoms with Gasteiger partial charge in [0.25, 0.3) is 0 Å². The molecule has 1 aromatic heterocycles. The Morgan fingerprint density at radius 3 is 2.97 bits per heavy atom. The zero-order chi connectivity index (χ0) is 19.8. The molecule has 29 heavy (non-hydrogen) atoms. The number of carbonyl (C=O) groups excluding carboxylic acids is 1. The second-order valence-corrected chi connectivity index (χ2v) is 8.79. The maximum Gasteiger partial charge on any atom is 0.244 e. The van der Waals surface area contributed by atoms with Gasteiger partial charge in [0.1, 0.15) is 6.54 Å². The lowest BCUT2D eigenvalue weighted by molar-refractivity contribution is -0.130. The molecule has 2 aliphatic rings. The van der Waals surface area contributed by atoms with Crippen LogP contribution < -0.4 is 10.6 Å². The molecule has 1 aromatic rings. The van der Waals surface area contributed by atoms with E-state index in [-0.39, 0.29) is 36.4 Å². The van der Waals surface area contributed by atoms with Gasteiger partial charge in [0.05, 0.1) is 0 Å². The number of piperidine rings is 1. The molecule has 0 aromatic carbocycles. The van der Waals surface area contributed by atoms with E-state index in [1.165, 1.54) is 36.2 Å². The normalized spacial score (nSPS) is 20.0. The first-order valence-electron chi connectivity index (χ1n) is 10.8. The van der Waals surface area contributed by atoms with Gasteiger partial charge in [-0.2, -0.15) is 0 Å². The van der Waals surface area contributed by atoms with Crippen LogP contribution in [-0.2, 0) is 17.8 Å². The number of nitrogens with one attached hydrogen (secondary N) is 2. The van der Waals surface area contributed by atoms with Crippen LogP contribution in [0.3, 0.4) is 0 Å². The number of likely N-dealkylation sites (tertiary alicyclic amines) is 1. The SMILES string of the molecule is CCNC(=NCC(=O)N1CCc2sccc2C1)NCCCN1CCCCC1C.I. The van der Waals surface area contributed by atoms with Gasteiger partial charge in [-0.3, -0.25) is 4.79 Å². The average molecular weight is 534 g/mol. The predicted molar refractivity (Wildman–Crippen MR) is 132 cm³/mol. The summed E-state index contributed by atoms with van der Waals surface area (Å²) in [5.74, 6) is 0.854.